The van der Waals surface area contributed by atoms with Gasteiger partial charge in [0.2, 0.25) is 0 Å². The van der Waals surface area contributed by atoms with E-state index >= 15 is 0 Å². The number of carbonyl (C=O) groups excluding carboxylic acids is 1. The predicted molar refractivity (Wildman–Crippen MR) is 130 cm³/mol. The van der Waals surface area contributed by atoms with Gasteiger partial charge < -0.3 is 20.0 Å². The minimum Gasteiger partial charge on any atom is -0.465 e. The lowest BCUT2D eigenvalue weighted by atomic mass is 9.79. The van der Waals surface area contributed by atoms with E-state index in [2.05, 4.69) is 52.9 Å². The zero-order chi connectivity index (χ0) is 23.4. The number of rotatable bonds is 3. The molecular formula is C25H22BrN5O3. The van der Waals surface area contributed by atoms with Crippen LogP contribution >= 0.6 is 15.9 Å². The van der Waals surface area contributed by atoms with Crippen molar-refractivity contribution in [2.45, 2.75) is 43.7 Å². The van der Waals surface area contributed by atoms with E-state index in [1.165, 1.54) is 0 Å². The van der Waals surface area contributed by atoms with Gasteiger partial charge in [0.15, 0.2) is 0 Å². The van der Waals surface area contributed by atoms with Crippen molar-refractivity contribution >= 4 is 38.7 Å². The molecule has 34 heavy (non-hydrogen) atoms. The van der Waals surface area contributed by atoms with Crippen LogP contribution in [0.1, 0.15) is 41.8 Å². The largest absolute Gasteiger partial charge is 0.465 e. The summed E-state index contributed by atoms with van der Waals surface area (Å²) in [7, 11) is 0. The predicted octanol–water partition coefficient (Wildman–Crippen LogP) is 4.61. The topological polar surface area (TPSA) is 113 Å². The van der Waals surface area contributed by atoms with Crippen molar-refractivity contribution in [2.24, 2.45) is 0 Å². The molecule has 6 rings (SSSR count). The number of aromatic amines is 1. The molecule has 0 fully saturated rings. The molecule has 9 heteroatoms. The van der Waals surface area contributed by atoms with Crippen LogP contribution in [0.4, 0.5) is 4.79 Å². The zero-order valence-corrected chi connectivity index (χ0v) is 19.7. The van der Waals surface area contributed by atoms with Crippen LogP contribution in [-0.4, -0.2) is 42.5 Å². The Bertz CT molecular complexity index is 1440. The number of hydrogen-bond donors (Lipinski definition) is 3. The van der Waals surface area contributed by atoms with E-state index in [-0.39, 0.29) is 11.7 Å². The molecule has 2 aliphatic rings. The Hall–Kier alpha value is -3.46. The van der Waals surface area contributed by atoms with Crippen LogP contribution in [0, 0.1) is 0 Å². The number of imidazole rings is 1. The van der Waals surface area contributed by atoms with Crippen molar-refractivity contribution in [3.05, 3.63) is 70.5 Å². The summed E-state index contributed by atoms with van der Waals surface area (Å²) in [5.74, 6) is 0.220. The first-order valence-corrected chi connectivity index (χ1v) is 12.1. The minimum absolute atomic E-state index is 0.0537. The van der Waals surface area contributed by atoms with Gasteiger partial charge in [0.25, 0.3) is 0 Å². The standard InChI is InChI=1S/C25H22BrN5O3/c26-17-3-1-14-7-15(10-27-19(14)9-17)20-11-28-24(29-20)16-8-21(32)22-18(30-25(33)34)4-2-13-5-6-31(12-16)23(13)22/h1,3,5-7,9-11,16,18,22,30H,2,4,8,12H2,(H,28,29)(H,33,34)/t16-,18-,22?/m0/s1. The molecule has 0 saturated heterocycles. The third-order valence-electron chi connectivity index (χ3n) is 6.98. The van der Waals surface area contributed by atoms with Crippen LogP contribution in [0.5, 0.6) is 0 Å². The van der Waals surface area contributed by atoms with Gasteiger partial charge in [-0.15, -0.1) is 0 Å². The number of carbonyl (C=O) groups is 2. The van der Waals surface area contributed by atoms with E-state index < -0.39 is 18.1 Å². The van der Waals surface area contributed by atoms with E-state index in [1.54, 1.807) is 6.20 Å². The lowest BCUT2D eigenvalue weighted by Gasteiger charge is -2.31. The SMILES string of the molecule is O=C(O)N[C@H]1CCc2ccn3c2C1C(=O)C[C@H](c1ncc(-c2cnc4cc(Br)ccc4c2)[nH]1)C3. The van der Waals surface area contributed by atoms with Gasteiger partial charge in [0.1, 0.15) is 11.6 Å². The number of benzene rings is 1. The molecule has 4 aromatic rings. The molecular weight excluding hydrogens is 498 g/mol. The van der Waals surface area contributed by atoms with Crippen molar-refractivity contribution in [1.82, 2.24) is 24.8 Å². The smallest absolute Gasteiger partial charge is 0.404 e. The summed E-state index contributed by atoms with van der Waals surface area (Å²) in [5, 5.41) is 12.9. The van der Waals surface area contributed by atoms with Crippen molar-refractivity contribution in [3.63, 3.8) is 0 Å². The maximum Gasteiger partial charge on any atom is 0.404 e. The highest BCUT2D eigenvalue weighted by Gasteiger charge is 2.41. The van der Waals surface area contributed by atoms with Crippen LogP contribution in [0.25, 0.3) is 22.2 Å². The van der Waals surface area contributed by atoms with Crippen LogP contribution in [0.15, 0.2) is 53.4 Å². The third kappa shape index (κ3) is 3.60. The van der Waals surface area contributed by atoms with Gasteiger partial charge in [-0.2, -0.15) is 0 Å². The summed E-state index contributed by atoms with van der Waals surface area (Å²) >= 11 is 3.48. The number of ketones is 1. The van der Waals surface area contributed by atoms with Gasteiger partial charge in [0, 0.05) is 58.4 Å². The summed E-state index contributed by atoms with van der Waals surface area (Å²) in [6, 6.07) is 9.71. The number of nitrogens with zero attached hydrogens (tertiary/aromatic N) is 3. The average Bonchev–Trinajstić information content (AvgIpc) is 3.42. The Morgan fingerprint density at radius 3 is 2.94 bits per heavy atom. The maximum absolute atomic E-state index is 13.4. The number of aromatic nitrogens is 4. The van der Waals surface area contributed by atoms with E-state index in [9.17, 15) is 14.7 Å². The Morgan fingerprint density at radius 2 is 2.09 bits per heavy atom. The quantitative estimate of drug-likeness (QED) is 0.365. The molecule has 0 saturated carbocycles. The number of aryl methyl sites for hydroxylation is 1. The van der Waals surface area contributed by atoms with E-state index in [4.69, 9.17) is 0 Å². The number of Topliss-reactive ketones (excluding diaryl/α,β-unsaturated/α-hetero) is 1. The van der Waals surface area contributed by atoms with Gasteiger partial charge in [-0.1, -0.05) is 22.0 Å². The van der Waals surface area contributed by atoms with Crippen LogP contribution in [-0.2, 0) is 17.8 Å². The first-order valence-electron chi connectivity index (χ1n) is 11.3. The molecule has 3 N–H and O–H groups in total. The summed E-state index contributed by atoms with van der Waals surface area (Å²) in [5.41, 5.74) is 4.78. The highest BCUT2D eigenvalue weighted by Crippen LogP contribution is 2.40. The Balaban J connectivity index is 1.32. The second-order valence-corrected chi connectivity index (χ2v) is 9.98. The first kappa shape index (κ1) is 21.1. The summed E-state index contributed by atoms with van der Waals surface area (Å²) in [6.07, 6.45) is 6.23. The van der Waals surface area contributed by atoms with Crippen molar-refractivity contribution in [3.8, 4) is 11.3 Å². The van der Waals surface area contributed by atoms with Crippen LogP contribution in [0.2, 0.25) is 0 Å². The molecule has 0 radical (unpaired) electrons. The third-order valence-corrected chi connectivity index (χ3v) is 7.47. The molecule has 1 amide bonds. The van der Waals surface area contributed by atoms with Crippen molar-refractivity contribution in [2.75, 3.05) is 0 Å². The second kappa shape index (κ2) is 8.09. The van der Waals surface area contributed by atoms with Crippen molar-refractivity contribution in [1.29, 1.82) is 0 Å². The number of H-pyrrole nitrogens is 1. The molecule has 0 spiro atoms. The van der Waals surface area contributed by atoms with Gasteiger partial charge >= 0.3 is 6.09 Å². The van der Waals surface area contributed by atoms with Crippen LogP contribution in [0.3, 0.4) is 0 Å². The highest BCUT2D eigenvalue weighted by molar-refractivity contribution is 9.10. The molecule has 1 aliphatic heterocycles. The van der Waals surface area contributed by atoms with Gasteiger partial charge in [0.05, 0.1) is 23.3 Å². The Morgan fingerprint density at radius 1 is 1.21 bits per heavy atom. The Labute approximate surface area is 203 Å². The number of carboxylic acid groups (broad SMARTS) is 1. The number of fused-ring (bicyclic) bond motifs is 1. The normalized spacial score (nSPS) is 21.8. The molecule has 1 aromatic carbocycles. The zero-order valence-electron chi connectivity index (χ0n) is 18.2. The molecule has 172 valence electrons. The summed E-state index contributed by atoms with van der Waals surface area (Å²) in [6.45, 7) is 0.619. The summed E-state index contributed by atoms with van der Waals surface area (Å²) in [4.78, 5) is 37.4. The van der Waals surface area contributed by atoms with Crippen molar-refractivity contribution < 1.29 is 14.7 Å². The molecule has 1 unspecified atom stereocenters. The number of amides is 1. The highest BCUT2D eigenvalue weighted by atomic mass is 79.9. The molecule has 3 atom stereocenters. The lowest BCUT2D eigenvalue weighted by molar-refractivity contribution is -0.121. The molecule has 3 aromatic heterocycles. The molecule has 4 heterocycles. The van der Waals surface area contributed by atoms with Gasteiger partial charge in [-0.3, -0.25) is 9.78 Å². The average molecular weight is 520 g/mol. The number of nitrogens with one attached hydrogen (secondary N) is 2. The minimum atomic E-state index is -1.09. The number of halogens is 1. The molecule has 8 nitrogen and oxygen atoms in total. The fraction of sp³-hybridized carbons (Fsp3) is 0.280. The number of hydrogen-bond acceptors (Lipinski definition) is 4. The van der Waals surface area contributed by atoms with Crippen LogP contribution < -0.4 is 5.32 Å². The van der Waals surface area contributed by atoms with Gasteiger partial charge in [-0.25, -0.2) is 9.78 Å². The fourth-order valence-corrected chi connectivity index (χ4v) is 5.77. The monoisotopic (exact) mass is 519 g/mol. The fourth-order valence-electron chi connectivity index (χ4n) is 5.43. The second-order valence-electron chi connectivity index (χ2n) is 9.06. The summed E-state index contributed by atoms with van der Waals surface area (Å²) < 4.78 is 3.10. The van der Waals surface area contributed by atoms with E-state index in [0.29, 0.717) is 19.4 Å². The maximum atomic E-state index is 13.4. The number of pyridine rings is 1. The Kier molecular flexibility index (Phi) is 5.02. The first-order chi connectivity index (χ1) is 16.5. The van der Waals surface area contributed by atoms with E-state index in [1.807, 2.05) is 30.6 Å². The van der Waals surface area contributed by atoms with Gasteiger partial charge in [-0.05, 0) is 42.7 Å². The lowest BCUT2D eigenvalue weighted by Crippen LogP contribution is -2.44. The molecule has 1 aliphatic carbocycles. The molecule has 0 bridgehead atoms. The van der Waals surface area contributed by atoms with E-state index in [0.717, 1.165) is 50.1 Å².